The van der Waals surface area contributed by atoms with Crippen LogP contribution in [0, 0.1) is 23.7 Å². The maximum atomic E-state index is 10.6. The van der Waals surface area contributed by atoms with Crippen LogP contribution >= 0.6 is 0 Å². The highest BCUT2D eigenvalue weighted by atomic mass is 16.6. The minimum atomic E-state index is -0.425. The van der Waals surface area contributed by atoms with Crippen LogP contribution in [0.1, 0.15) is 6.92 Å². The van der Waals surface area contributed by atoms with Crippen molar-refractivity contribution in [1.82, 2.24) is 0 Å². The maximum absolute atomic E-state index is 10.6. The minimum absolute atomic E-state index is 0.0360. The molecule has 1 rings (SSSR count). The monoisotopic (exact) mass is 190 g/mol. The maximum Gasteiger partial charge on any atom is 0.331 e. The number of epoxide rings is 1. The molecule has 2 atom stereocenters. The van der Waals surface area contributed by atoms with Crippen molar-refractivity contribution in [3.8, 4) is 23.7 Å². The smallest absolute Gasteiger partial charge is 0.331 e. The summed E-state index contributed by atoms with van der Waals surface area (Å²) >= 11 is 0. The minimum Gasteiger partial charge on any atom is -0.466 e. The van der Waals surface area contributed by atoms with Crippen LogP contribution in [0.4, 0.5) is 0 Å². The molecule has 0 aromatic carbocycles. The van der Waals surface area contributed by atoms with Gasteiger partial charge in [0.1, 0.15) is 6.10 Å². The molecular weight excluding hydrogens is 180 g/mol. The van der Waals surface area contributed by atoms with Gasteiger partial charge >= 0.3 is 5.97 Å². The average molecular weight is 190 g/mol. The topological polar surface area (TPSA) is 38.8 Å². The van der Waals surface area contributed by atoms with E-state index in [1.807, 2.05) is 6.92 Å². The van der Waals surface area contributed by atoms with Crippen molar-refractivity contribution < 1.29 is 14.3 Å². The number of carbonyl (C=O) groups is 1. The molecule has 0 aromatic rings. The Labute approximate surface area is 83.1 Å². The fraction of sp³-hybridized carbons (Fsp3) is 0.364. The molecule has 0 bridgehead atoms. The Morgan fingerprint density at radius 2 is 2.21 bits per heavy atom. The Morgan fingerprint density at radius 1 is 1.50 bits per heavy atom. The Balaban J connectivity index is 2.29. The van der Waals surface area contributed by atoms with Gasteiger partial charge in [0.15, 0.2) is 0 Å². The van der Waals surface area contributed by atoms with Crippen molar-refractivity contribution in [2.45, 2.75) is 19.1 Å². The third-order valence-electron chi connectivity index (χ3n) is 1.56. The number of hydrogen-bond acceptors (Lipinski definition) is 3. The standard InChI is InChI=1S/C11H10O3/c1-9-10(14-9)7-5-3-4-6-8-11(12)13-2/h6,8-10H,1-2H3. The molecule has 0 aromatic heterocycles. The van der Waals surface area contributed by atoms with E-state index in [0.717, 1.165) is 0 Å². The van der Waals surface area contributed by atoms with Gasteiger partial charge in [0.25, 0.3) is 0 Å². The number of methoxy groups -OCH3 is 1. The van der Waals surface area contributed by atoms with Crippen molar-refractivity contribution in [3.63, 3.8) is 0 Å². The molecule has 1 aliphatic heterocycles. The van der Waals surface area contributed by atoms with Crippen LogP contribution in [0.15, 0.2) is 12.2 Å². The Bertz CT molecular complexity index is 359. The van der Waals surface area contributed by atoms with Gasteiger partial charge in [0.2, 0.25) is 0 Å². The first-order valence-corrected chi connectivity index (χ1v) is 4.15. The summed E-state index contributed by atoms with van der Waals surface area (Å²) in [5.41, 5.74) is 0. The summed E-state index contributed by atoms with van der Waals surface area (Å²) < 4.78 is 9.41. The van der Waals surface area contributed by atoms with Crippen LogP contribution in [-0.4, -0.2) is 25.3 Å². The Hall–Kier alpha value is -1.71. The number of esters is 1. The van der Waals surface area contributed by atoms with Gasteiger partial charge in [-0.15, -0.1) is 0 Å². The van der Waals surface area contributed by atoms with Gasteiger partial charge in [-0.2, -0.15) is 0 Å². The first-order chi connectivity index (χ1) is 6.74. The summed E-state index contributed by atoms with van der Waals surface area (Å²) in [6.45, 7) is 1.95. The average Bonchev–Trinajstić information content (AvgIpc) is 2.87. The second-order valence-electron chi connectivity index (χ2n) is 2.66. The van der Waals surface area contributed by atoms with E-state index >= 15 is 0 Å². The molecule has 2 unspecified atom stereocenters. The van der Waals surface area contributed by atoms with E-state index in [4.69, 9.17) is 4.74 Å². The van der Waals surface area contributed by atoms with Crippen molar-refractivity contribution in [1.29, 1.82) is 0 Å². The largest absolute Gasteiger partial charge is 0.466 e. The van der Waals surface area contributed by atoms with Crippen molar-refractivity contribution in [2.75, 3.05) is 7.11 Å². The van der Waals surface area contributed by atoms with Crippen molar-refractivity contribution >= 4 is 5.97 Å². The fourth-order valence-corrected chi connectivity index (χ4v) is 0.700. The zero-order valence-electron chi connectivity index (χ0n) is 8.03. The van der Waals surface area contributed by atoms with E-state index in [1.165, 1.54) is 19.3 Å². The molecule has 0 spiro atoms. The number of hydrogen-bond donors (Lipinski definition) is 0. The van der Waals surface area contributed by atoms with Gasteiger partial charge in [0, 0.05) is 6.08 Å². The molecule has 1 fully saturated rings. The van der Waals surface area contributed by atoms with Crippen LogP contribution in [0.5, 0.6) is 0 Å². The lowest BCUT2D eigenvalue weighted by molar-refractivity contribution is -0.134. The summed E-state index contributed by atoms with van der Waals surface area (Å²) in [7, 11) is 1.31. The third-order valence-corrected chi connectivity index (χ3v) is 1.56. The molecule has 1 heterocycles. The van der Waals surface area contributed by atoms with Crippen LogP contribution in [0.25, 0.3) is 0 Å². The second kappa shape index (κ2) is 5.11. The van der Waals surface area contributed by atoms with Gasteiger partial charge in [-0.05, 0) is 24.8 Å². The molecular formula is C11H10O3. The Morgan fingerprint density at radius 3 is 2.79 bits per heavy atom. The fourth-order valence-electron chi connectivity index (χ4n) is 0.700. The molecule has 3 heteroatoms. The normalized spacial score (nSPS) is 23.0. The van der Waals surface area contributed by atoms with E-state index in [9.17, 15) is 4.79 Å². The van der Waals surface area contributed by atoms with Crippen molar-refractivity contribution in [2.24, 2.45) is 0 Å². The summed E-state index contributed by atoms with van der Waals surface area (Å²) in [5.74, 6) is 10.2. The van der Waals surface area contributed by atoms with Crippen LogP contribution in [0.3, 0.4) is 0 Å². The molecule has 1 saturated heterocycles. The van der Waals surface area contributed by atoms with Gasteiger partial charge in [-0.25, -0.2) is 4.79 Å². The number of allylic oxidation sites excluding steroid dienone is 1. The predicted octanol–water partition coefficient (Wildman–Crippen LogP) is 0.510. The van der Waals surface area contributed by atoms with Crippen LogP contribution < -0.4 is 0 Å². The van der Waals surface area contributed by atoms with Gasteiger partial charge in [-0.1, -0.05) is 11.8 Å². The molecule has 72 valence electrons. The molecule has 3 nitrogen and oxygen atoms in total. The van der Waals surface area contributed by atoms with E-state index in [0.29, 0.717) is 0 Å². The highest BCUT2D eigenvalue weighted by Gasteiger charge is 2.31. The summed E-state index contributed by atoms with van der Waals surface area (Å²) in [5, 5.41) is 0. The first-order valence-electron chi connectivity index (χ1n) is 4.15. The zero-order valence-corrected chi connectivity index (χ0v) is 8.03. The lowest BCUT2D eigenvalue weighted by atomic mass is 10.3. The zero-order chi connectivity index (χ0) is 10.4. The predicted molar refractivity (Wildman–Crippen MR) is 51.0 cm³/mol. The van der Waals surface area contributed by atoms with Crippen LogP contribution in [-0.2, 0) is 14.3 Å². The Kier molecular flexibility index (Phi) is 3.79. The molecule has 14 heavy (non-hydrogen) atoms. The summed E-state index contributed by atoms with van der Waals surface area (Å²) in [4.78, 5) is 10.6. The van der Waals surface area contributed by atoms with E-state index in [1.54, 1.807) is 0 Å². The molecule has 0 radical (unpaired) electrons. The van der Waals surface area contributed by atoms with E-state index in [-0.39, 0.29) is 12.2 Å². The molecule has 0 N–H and O–H groups in total. The number of ether oxygens (including phenoxy) is 2. The summed E-state index contributed by atoms with van der Waals surface area (Å²) in [6.07, 6.45) is 2.91. The van der Waals surface area contributed by atoms with E-state index < -0.39 is 5.97 Å². The number of rotatable bonds is 1. The van der Waals surface area contributed by atoms with Gasteiger partial charge in [-0.3, -0.25) is 0 Å². The van der Waals surface area contributed by atoms with E-state index in [2.05, 4.69) is 28.4 Å². The highest BCUT2D eigenvalue weighted by molar-refractivity contribution is 5.82. The lowest BCUT2D eigenvalue weighted by Crippen LogP contribution is -1.92. The molecule has 0 aliphatic carbocycles. The van der Waals surface area contributed by atoms with Crippen LogP contribution in [0.2, 0.25) is 0 Å². The number of carbonyl (C=O) groups excluding carboxylic acids is 1. The lowest BCUT2D eigenvalue weighted by Gasteiger charge is -1.84. The molecule has 1 aliphatic rings. The SMILES string of the molecule is COC(=O)C=CC#CC#CC1OC1C. The first kappa shape index (κ1) is 10.4. The van der Waals surface area contributed by atoms with Gasteiger partial charge < -0.3 is 9.47 Å². The quantitative estimate of drug-likeness (QED) is 0.262. The van der Waals surface area contributed by atoms with Crippen molar-refractivity contribution in [3.05, 3.63) is 12.2 Å². The second-order valence-corrected chi connectivity index (χ2v) is 2.66. The molecule has 0 amide bonds. The summed E-state index contributed by atoms with van der Waals surface area (Å²) in [6, 6.07) is 0. The van der Waals surface area contributed by atoms with Gasteiger partial charge in [0.05, 0.1) is 13.2 Å². The highest BCUT2D eigenvalue weighted by Crippen LogP contribution is 2.18. The molecule has 0 saturated carbocycles. The third kappa shape index (κ3) is 3.80.